The fraction of sp³-hybridized carbons (Fsp3) is 0.294. The number of halogens is 1. The summed E-state index contributed by atoms with van der Waals surface area (Å²) < 4.78 is 0. The smallest absolute Gasteiger partial charge is 0.317 e. The molecule has 128 valence electrons. The van der Waals surface area contributed by atoms with Gasteiger partial charge in [-0.3, -0.25) is 4.79 Å². The number of thiophene rings is 1. The molecule has 0 radical (unpaired) electrons. The highest BCUT2D eigenvalue weighted by Gasteiger charge is 2.11. The molecule has 5 nitrogen and oxygen atoms in total. The molecule has 0 aliphatic heterocycles. The van der Waals surface area contributed by atoms with Gasteiger partial charge in [-0.25, -0.2) is 4.79 Å². The van der Waals surface area contributed by atoms with Crippen molar-refractivity contribution in [1.82, 2.24) is 15.5 Å². The zero-order valence-electron chi connectivity index (χ0n) is 13.6. The van der Waals surface area contributed by atoms with Crippen LogP contribution in [0.2, 0.25) is 5.02 Å². The minimum Gasteiger partial charge on any atom is -0.350 e. The molecule has 3 amide bonds. The zero-order chi connectivity index (χ0) is 17.5. The van der Waals surface area contributed by atoms with E-state index in [2.05, 4.69) is 10.6 Å². The van der Waals surface area contributed by atoms with Crippen molar-refractivity contribution in [3.8, 4) is 0 Å². The molecule has 7 heteroatoms. The van der Waals surface area contributed by atoms with Crippen LogP contribution in [0.5, 0.6) is 0 Å². The van der Waals surface area contributed by atoms with Gasteiger partial charge in [0.2, 0.25) is 0 Å². The summed E-state index contributed by atoms with van der Waals surface area (Å²) in [6.45, 7) is 3.33. The van der Waals surface area contributed by atoms with Gasteiger partial charge >= 0.3 is 6.03 Å². The first-order chi connectivity index (χ1) is 11.5. The summed E-state index contributed by atoms with van der Waals surface area (Å²) in [4.78, 5) is 26.7. The van der Waals surface area contributed by atoms with E-state index in [4.69, 9.17) is 11.6 Å². The second-order valence-corrected chi connectivity index (χ2v) is 6.81. The van der Waals surface area contributed by atoms with E-state index in [1.165, 1.54) is 10.4 Å². The van der Waals surface area contributed by atoms with E-state index in [1.54, 1.807) is 47.5 Å². The van der Waals surface area contributed by atoms with Crippen molar-refractivity contribution in [3.63, 3.8) is 0 Å². The van der Waals surface area contributed by atoms with Crippen molar-refractivity contribution < 1.29 is 9.59 Å². The second-order valence-electron chi connectivity index (χ2n) is 5.38. The molecule has 0 aliphatic carbocycles. The van der Waals surface area contributed by atoms with Crippen molar-refractivity contribution in [3.05, 3.63) is 56.7 Å². The van der Waals surface area contributed by atoms with E-state index in [-0.39, 0.29) is 11.9 Å². The number of nitrogens with one attached hydrogen (secondary N) is 2. The lowest BCUT2D eigenvalue weighted by atomic mass is 10.2. The van der Waals surface area contributed by atoms with Gasteiger partial charge in [0.15, 0.2) is 0 Å². The summed E-state index contributed by atoms with van der Waals surface area (Å²) in [7, 11) is 1.75. The first-order valence-corrected chi connectivity index (χ1v) is 8.79. The average Bonchev–Trinajstić information content (AvgIpc) is 2.96. The summed E-state index contributed by atoms with van der Waals surface area (Å²) >= 11 is 7.42. The normalized spacial score (nSPS) is 10.3. The van der Waals surface area contributed by atoms with Gasteiger partial charge in [-0.05, 0) is 48.2 Å². The van der Waals surface area contributed by atoms with Crippen LogP contribution in [-0.2, 0) is 6.54 Å². The maximum atomic E-state index is 12.0. The fourth-order valence-electron chi connectivity index (χ4n) is 2.04. The van der Waals surface area contributed by atoms with Crippen LogP contribution in [0.4, 0.5) is 4.79 Å². The quantitative estimate of drug-likeness (QED) is 0.772. The summed E-state index contributed by atoms with van der Waals surface area (Å²) in [5.41, 5.74) is 1.73. The third-order valence-corrected chi connectivity index (χ3v) is 4.75. The van der Waals surface area contributed by atoms with Crippen LogP contribution in [0.25, 0.3) is 0 Å². The maximum Gasteiger partial charge on any atom is 0.317 e. The lowest BCUT2D eigenvalue weighted by molar-refractivity contribution is 0.0953. The van der Waals surface area contributed by atoms with Gasteiger partial charge in [0.25, 0.3) is 5.91 Å². The third-order valence-electron chi connectivity index (χ3n) is 3.49. The van der Waals surface area contributed by atoms with Crippen molar-refractivity contribution >= 4 is 34.9 Å². The van der Waals surface area contributed by atoms with Gasteiger partial charge in [-0.15, -0.1) is 11.3 Å². The Balaban J connectivity index is 1.69. The number of nitrogens with zero attached hydrogens (tertiary/aromatic N) is 1. The Bertz CT molecular complexity index is 700. The van der Waals surface area contributed by atoms with Crippen molar-refractivity contribution in [2.45, 2.75) is 13.5 Å². The summed E-state index contributed by atoms with van der Waals surface area (Å²) in [5, 5.41) is 8.14. The SMILES string of the molecule is Cc1ccsc1CN(C)C(=O)NCCNC(=O)c1ccc(Cl)cc1. The van der Waals surface area contributed by atoms with Gasteiger partial charge in [-0.2, -0.15) is 0 Å². The molecule has 0 fully saturated rings. The number of aryl methyl sites for hydroxylation is 1. The predicted molar refractivity (Wildman–Crippen MR) is 97.7 cm³/mol. The Morgan fingerprint density at radius 1 is 1.12 bits per heavy atom. The lowest BCUT2D eigenvalue weighted by Gasteiger charge is -2.17. The minimum atomic E-state index is -0.191. The molecule has 24 heavy (non-hydrogen) atoms. The highest BCUT2D eigenvalue weighted by molar-refractivity contribution is 7.10. The van der Waals surface area contributed by atoms with Gasteiger partial charge in [-0.1, -0.05) is 11.6 Å². The number of amides is 3. The Morgan fingerprint density at radius 2 is 1.79 bits per heavy atom. The van der Waals surface area contributed by atoms with Crippen LogP contribution in [0.1, 0.15) is 20.8 Å². The van der Waals surface area contributed by atoms with E-state index in [0.29, 0.717) is 30.2 Å². The minimum absolute atomic E-state index is 0.163. The molecule has 2 aromatic rings. The third kappa shape index (κ3) is 5.25. The van der Waals surface area contributed by atoms with E-state index in [0.717, 1.165) is 0 Å². The molecule has 1 aromatic carbocycles. The van der Waals surface area contributed by atoms with Crippen LogP contribution in [0.15, 0.2) is 35.7 Å². The number of urea groups is 1. The number of hydrogen-bond donors (Lipinski definition) is 2. The van der Waals surface area contributed by atoms with Crippen LogP contribution in [-0.4, -0.2) is 37.0 Å². The van der Waals surface area contributed by atoms with Gasteiger partial charge < -0.3 is 15.5 Å². The highest BCUT2D eigenvalue weighted by Crippen LogP contribution is 2.17. The monoisotopic (exact) mass is 365 g/mol. The van der Waals surface area contributed by atoms with Gasteiger partial charge in [0.05, 0.1) is 6.54 Å². The van der Waals surface area contributed by atoms with Crippen LogP contribution >= 0.6 is 22.9 Å². The standard InChI is InChI=1S/C17H20ClN3O2S/c1-12-7-10-24-15(12)11-21(2)17(23)20-9-8-19-16(22)13-3-5-14(18)6-4-13/h3-7,10H,8-9,11H2,1-2H3,(H,19,22)(H,20,23). The predicted octanol–water partition coefficient (Wildman–Crippen LogP) is 3.28. The summed E-state index contributed by atoms with van der Waals surface area (Å²) in [6.07, 6.45) is 0. The van der Waals surface area contributed by atoms with Crippen LogP contribution in [0.3, 0.4) is 0 Å². The molecule has 0 saturated heterocycles. The topological polar surface area (TPSA) is 61.4 Å². The Hall–Kier alpha value is -2.05. The molecule has 0 saturated carbocycles. The maximum absolute atomic E-state index is 12.0. The van der Waals surface area contributed by atoms with E-state index in [9.17, 15) is 9.59 Å². The molecule has 0 aliphatic rings. The molecule has 1 aromatic heterocycles. The molecular weight excluding hydrogens is 346 g/mol. The molecule has 2 N–H and O–H groups in total. The summed E-state index contributed by atoms with van der Waals surface area (Å²) in [6, 6.07) is 8.53. The molecule has 0 bridgehead atoms. The molecule has 0 spiro atoms. The first kappa shape index (κ1) is 18.3. The first-order valence-electron chi connectivity index (χ1n) is 7.53. The molecule has 2 rings (SSSR count). The Kier molecular flexibility index (Phi) is 6.63. The average molecular weight is 366 g/mol. The number of rotatable bonds is 6. The number of benzene rings is 1. The molecule has 1 heterocycles. The van der Waals surface area contributed by atoms with E-state index >= 15 is 0 Å². The van der Waals surface area contributed by atoms with Crippen molar-refractivity contribution in [1.29, 1.82) is 0 Å². The Morgan fingerprint density at radius 3 is 2.42 bits per heavy atom. The number of carbonyl (C=O) groups is 2. The second kappa shape index (κ2) is 8.70. The molecule has 0 unspecified atom stereocenters. The van der Waals surface area contributed by atoms with E-state index < -0.39 is 0 Å². The molecule has 0 atom stereocenters. The molecular formula is C17H20ClN3O2S. The summed E-state index contributed by atoms with van der Waals surface area (Å²) in [5.74, 6) is -0.191. The van der Waals surface area contributed by atoms with Crippen molar-refractivity contribution in [2.24, 2.45) is 0 Å². The number of hydrogen-bond acceptors (Lipinski definition) is 3. The fourth-order valence-corrected chi connectivity index (χ4v) is 3.12. The van der Waals surface area contributed by atoms with Crippen LogP contribution < -0.4 is 10.6 Å². The van der Waals surface area contributed by atoms with Crippen molar-refractivity contribution in [2.75, 3.05) is 20.1 Å². The zero-order valence-corrected chi connectivity index (χ0v) is 15.2. The highest BCUT2D eigenvalue weighted by atomic mass is 35.5. The largest absolute Gasteiger partial charge is 0.350 e. The van der Waals surface area contributed by atoms with Gasteiger partial charge in [0, 0.05) is 35.6 Å². The van der Waals surface area contributed by atoms with Gasteiger partial charge in [0.1, 0.15) is 0 Å². The Labute approximate surface area is 150 Å². The van der Waals surface area contributed by atoms with E-state index in [1.807, 2.05) is 18.4 Å². The van der Waals surface area contributed by atoms with Crippen LogP contribution in [0, 0.1) is 6.92 Å². The number of carbonyl (C=O) groups excluding carboxylic acids is 2. The lowest BCUT2D eigenvalue weighted by Crippen LogP contribution is -2.40.